The van der Waals surface area contributed by atoms with Gasteiger partial charge in [0.2, 0.25) is 10.0 Å². The first kappa shape index (κ1) is 15.8. The van der Waals surface area contributed by atoms with Crippen LogP contribution < -0.4 is 16.2 Å². The topological polar surface area (TPSA) is 133 Å². The Morgan fingerprint density at radius 1 is 1.25 bits per heavy atom. The molecule has 0 bridgehead atoms. The first-order valence-corrected chi connectivity index (χ1v) is 8.78. The zero-order valence-electron chi connectivity index (χ0n) is 12.7. The lowest BCUT2D eigenvalue weighted by Crippen LogP contribution is -2.15. The lowest BCUT2D eigenvalue weighted by atomic mass is 10.1. The minimum Gasteiger partial charge on any atom is -0.396 e. The molecular weight excluding hydrogens is 330 g/mol. The molecule has 9 heteroatoms. The standard InChI is InChI=1S/C15H15N5O3S/c1-24(22,23)19-11-4-2-3-9(5-11)10-6-13-14(16)12(15(17)21)7-18-20(13)8-10/h2-8,19H,16H2,1H3,(H2,17,21). The molecule has 3 rings (SSSR count). The molecular formula is C15H15N5O3S. The van der Waals surface area contributed by atoms with E-state index in [1.807, 2.05) is 6.07 Å². The van der Waals surface area contributed by atoms with Crippen molar-refractivity contribution in [3.63, 3.8) is 0 Å². The molecule has 1 aromatic carbocycles. The van der Waals surface area contributed by atoms with Crippen LogP contribution in [0.1, 0.15) is 10.4 Å². The highest BCUT2D eigenvalue weighted by Crippen LogP contribution is 2.28. The van der Waals surface area contributed by atoms with Gasteiger partial charge in [-0.15, -0.1) is 0 Å². The van der Waals surface area contributed by atoms with Crippen molar-refractivity contribution in [3.05, 3.63) is 48.3 Å². The SMILES string of the molecule is CS(=O)(=O)Nc1cccc(-c2cc3c(N)c(C(N)=O)cnn3c2)c1. The van der Waals surface area contributed by atoms with Gasteiger partial charge in [-0.05, 0) is 23.8 Å². The molecule has 0 fully saturated rings. The monoisotopic (exact) mass is 345 g/mol. The summed E-state index contributed by atoms with van der Waals surface area (Å²) in [4.78, 5) is 11.3. The fourth-order valence-corrected chi connectivity index (χ4v) is 2.96. The zero-order chi connectivity index (χ0) is 17.5. The van der Waals surface area contributed by atoms with Crippen molar-refractivity contribution in [2.45, 2.75) is 0 Å². The molecule has 2 aromatic heterocycles. The number of hydrogen-bond acceptors (Lipinski definition) is 5. The van der Waals surface area contributed by atoms with Crippen LogP contribution >= 0.6 is 0 Å². The Hall–Kier alpha value is -3.07. The molecule has 3 aromatic rings. The van der Waals surface area contributed by atoms with Crippen molar-refractivity contribution in [2.75, 3.05) is 16.7 Å². The Balaban J connectivity index is 2.09. The number of benzene rings is 1. The summed E-state index contributed by atoms with van der Waals surface area (Å²) in [7, 11) is -3.36. The fourth-order valence-electron chi connectivity index (χ4n) is 2.41. The Kier molecular flexibility index (Phi) is 3.64. The minimum atomic E-state index is -3.36. The number of aromatic nitrogens is 2. The summed E-state index contributed by atoms with van der Waals surface area (Å²) in [5.41, 5.74) is 14.2. The molecule has 1 amide bonds. The number of rotatable bonds is 4. The van der Waals surface area contributed by atoms with Crippen LogP contribution in [0.25, 0.3) is 16.6 Å². The second-order valence-electron chi connectivity index (χ2n) is 5.35. The molecule has 2 heterocycles. The van der Waals surface area contributed by atoms with Crippen LogP contribution in [-0.4, -0.2) is 30.2 Å². The Labute approximate surface area is 138 Å². The first-order chi connectivity index (χ1) is 11.2. The smallest absolute Gasteiger partial charge is 0.252 e. The second-order valence-corrected chi connectivity index (χ2v) is 7.10. The number of primary amides is 1. The van der Waals surface area contributed by atoms with E-state index >= 15 is 0 Å². The van der Waals surface area contributed by atoms with Gasteiger partial charge < -0.3 is 11.5 Å². The summed E-state index contributed by atoms with van der Waals surface area (Å²) < 4.78 is 26.7. The molecule has 0 radical (unpaired) electrons. The summed E-state index contributed by atoms with van der Waals surface area (Å²) >= 11 is 0. The average Bonchev–Trinajstić information content (AvgIpc) is 2.91. The van der Waals surface area contributed by atoms with Crippen LogP contribution in [0.3, 0.4) is 0 Å². The van der Waals surface area contributed by atoms with Crippen LogP contribution in [0, 0.1) is 0 Å². The van der Waals surface area contributed by atoms with Gasteiger partial charge >= 0.3 is 0 Å². The molecule has 0 atom stereocenters. The maximum absolute atomic E-state index is 11.3. The number of nitrogens with zero attached hydrogens (tertiary/aromatic N) is 2. The van der Waals surface area contributed by atoms with Crippen LogP contribution in [-0.2, 0) is 10.0 Å². The van der Waals surface area contributed by atoms with Crippen molar-refractivity contribution < 1.29 is 13.2 Å². The van der Waals surface area contributed by atoms with E-state index in [1.54, 1.807) is 30.5 Å². The third kappa shape index (κ3) is 3.01. The van der Waals surface area contributed by atoms with Crippen molar-refractivity contribution in [2.24, 2.45) is 5.73 Å². The van der Waals surface area contributed by atoms with Crippen LogP contribution in [0.15, 0.2) is 42.7 Å². The Morgan fingerprint density at radius 2 is 2.00 bits per heavy atom. The summed E-state index contributed by atoms with van der Waals surface area (Å²) in [6.07, 6.45) is 4.13. The fraction of sp³-hybridized carbons (Fsp3) is 0.0667. The van der Waals surface area contributed by atoms with E-state index in [1.165, 1.54) is 10.7 Å². The largest absolute Gasteiger partial charge is 0.396 e. The second kappa shape index (κ2) is 5.53. The zero-order valence-corrected chi connectivity index (χ0v) is 13.5. The highest BCUT2D eigenvalue weighted by atomic mass is 32.2. The number of nitrogen functional groups attached to an aromatic ring is 1. The van der Waals surface area contributed by atoms with Crippen LogP contribution in [0.4, 0.5) is 11.4 Å². The maximum Gasteiger partial charge on any atom is 0.252 e. The van der Waals surface area contributed by atoms with E-state index in [-0.39, 0.29) is 11.3 Å². The Morgan fingerprint density at radius 3 is 2.67 bits per heavy atom. The van der Waals surface area contributed by atoms with Crippen molar-refractivity contribution >= 4 is 32.8 Å². The molecule has 0 saturated heterocycles. The molecule has 0 aliphatic heterocycles. The van der Waals surface area contributed by atoms with E-state index < -0.39 is 15.9 Å². The van der Waals surface area contributed by atoms with E-state index in [9.17, 15) is 13.2 Å². The predicted octanol–water partition coefficient (Wildman–Crippen LogP) is 1.05. The van der Waals surface area contributed by atoms with E-state index in [4.69, 9.17) is 11.5 Å². The number of anilines is 2. The number of sulfonamides is 1. The average molecular weight is 345 g/mol. The van der Waals surface area contributed by atoms with Gasteiger partial charge in [-0.1, -0.05) is 12.1 Å². The highest BCUT2D eigenvalue weighted by Gasteiger charge is 2.13. The summed E-state index contributed by atoms with van der Waals surface area (Å²) in [6.45, 7) is 0. The van der Waals surface area contributed by atoms with Gasteiger partial charge in [0.25, 0.3) is 5.91 Å². The molecule has 0 unspecified atom stereocenters. The normalized spacial score (nSPS) is 11.5. The number of amides is 1. The lowest BCUT2D eigenvalue weighted by Gasteiger charge is -2.05. The van der Waals surface area contributed by atoms with E-state index in [2.05, 4.69) is 9.82 Å². The first-order valence-electron chi connectivity index (χ1n) is 6.89. The Bertz CT molecular complexity index is 1060. The number of nitrogens with one attached hydrogen (secondary N) is 1. The van der Waals surface area contributed by atoms with E-state index in [0.717, 1.165) is 17.4 Å². The summed E-state index contributed by atoms with van der Waals surface area (Å²) in [6, 6.07) is 8.66. The molecule has 0 spiro atoms. The molecule has 124 valence electrons. The quantitative estimate of drug-likeness (QED) is 0.650. The third-order valence-electron chi connectivity index (χ3n) is 3.44. The summed E-state index contributed by atoms with van der Waals surface area (Å²) in [5.74, 6) is -0.649. The highest BCUT2D eigenvalue weighted by molar-refractivity contribution is 7.92. The number of carbonyl (C=O) groups is 1. The van der Waals surface area contributed by atoms with Gasteiger partial charge in [-0.25, -0.2) is 12.9 Å². The third-order valence-corrected chi connectivity index (χ3v) is 4.05. The molecule has 0 aliphatic carbocycles. The van der Waals surface area contributed by atoms with Crippen molar-refractivity contribution in [1.29, 1.82) is 0 Å². The number of hydrogen-bond donors (Lipinski definition) is 3. The molecule has 0 saturated carbocycles. The van der Waals surface area contributed by atoms with Gasteiger partial charge in [0.15, 0.2) is 0 Å². The van der Waals surface area contributed by atoms with Gasteiger partial charge in [0.1, 0.15) is 0 Å². The lowest BCUT2D eigenvalue weighted by molar-refractivity contribution is 0.100. The summed E-state index contributed by atoms with van der Waals surface area (Å²) in [5, 5.41) is 4.12. The van der Waals surface area contributed by atoms with Crippen molar-refractivity contribution in [1.82, 2.24) is 9.61 Å². The number of fused-ring (bicyclic) bond motifs is 1. The van der Waals surface area contributed by atoms with Gasteiger partial charge in [0.05, 0.1) is 29.2 Å². The number of nitrogens with two attached hydrogens (primary N) is 2. The molecule has 24 heavy (non-hydrogen) atoms. The number of carbonyl (C=O) groups excluding carboxylic acids is 1. The molecule has 8 nitrogen and oxygen atoms in total. The van der Waals surface area contributed by atoms with Crippen molar-refractivity contribution in [3.8, 4) is 11.1 Å². The molecule has 5 N–H and O–H groups in total. The maximum atomic E-state index is 11.3. The van der Waals surface area contributed by atoms with Crippen LogP contribution in [0.2, 0.25) is 0 Å². The minimum absolute atomic E-state index is 0.152. The predicted molar refractivity (Wildman–Crippen MR) is 92.0 cm³/mol. The molecule has 0 aliphatic rings. The van der Waals surface area contributed by atoms with E-state index in [0.29, 0.717) is 11.2 Å². The van der Waals surface area contributed by atoms with Gasteiger partial charge in [-0.2, -0.15) is 5.10 Å². The van der Waals surface area contributed by atoms with Gasteiger partial charge in [0, 0.05) is 17.4 Å². The van der Waals surface area contributed by atoms with Gasteiger partial charge in [-0.3, -0.25) is 9.52 Å². The van der Waals surface area contributed by atoms with Crippen LogP contribution in [0.5, 0.6) is 0 Å².